The van der Waals surface area contributed by atoms with E-state index >= 15 is 0 Å². The highest BCUT2D eigenvalue weighted by atomic mass is 32.2. The molecule has 2 atom stereocenters. The summed E-state index contributed by atoms with van der Waals surface area (Å²) in [7, 11) is -0.435. The standard InChI is InChI=1S/C9H18OS/c1-2-3-4-5-6-9-7-8-11(9)10/h9H,2-8H2,1H3. The molecule has 0 aliphatic carbocycles. The third-order valence-corrected chi connectivity index (χ3v) is 4.25. The van der Waals surface area contributed by atoms with Gasteiger partial charge in [0.1, 0.15) is 0 Å². The summed E-state index contributed by atoms with van der Waals surface area (Å²) >= 11 is 0. The Hall–Kier alpha value is 0.150. The summed E-state index contributed by atoms with van der Waals surface area (Å²) in [6.07, 6.45) is 7.72. The molecule has 2 unspecified atom stereocenters. The van der Waals surface area contributed by atoms with Gasteiger partial charge in [0, 0.05) is 21.8 Å². The van der Waals surface area contributed by atoms with Gasteiger partial charge in [-0.25, -0.2) is 0 Å². The summed E-state index contributed by atoms with van der Waals surface area (Å²) in [6, 6.07) is 0. The topological polar surface area (TPSA) is 17.1 Å². The van der Waals surface area contributed by atoms with Crippen LogP contribution in [-0.4, -0.2) is 15.2 Å². The fourth-order valence-electron chi connectivity index (χ4n) is 1.46. The van der Waals surface area contributed by atoms with E-state index < -0.39 is 10.8 Å². The Kier molecular flexibility index (Phi) is 4.13. The largest absolute Gasteiger partial charge is 0.259 e. The molecule has 1 rings (SSSR count). The minimum absolute atomic E-state index is 0.435. The number of hydrogen-bond acceptors (Lipinski definition) is 1. The van der Waals surface area contributed by atoms with Gasteiger partial charge in [-0.15, -0.1) is 0 Å². The van der Waals surface area contributed by atoms with Crippen LogP contribution < -0.4 is 0 Å². The van der Waals surface area contributed by atoms with Gasteiger partial charge in [-0.3, -0.25) is 4.21 Å². The summed E-state index contributed by atoms with van der Waals surface area (Å²) in [5.74, 6) is 0.971. The molecule has 0 saturated carbocycles. The van der Waals surface area contributed by atoms with Crippen molar-refractivity contribution in [2.45, 2.75) is 50.7 Å². The molecule has 1 heterocycles. The zero-order valence-corrected chi connectivity index (χ0v) is 8.16. The van der Waals surface area contributed by atoms with E-state index in [-0.39, 0.29) is 0 Å². The number of unbranched alkanes of at least 4 members (excludes halogenated alkanes) is 3. The number of hydrogen-bond donors (Lipinski definition) is 0. The maximum atomic E-state index is 11.0. The summed E-state index contributed by atoms with van der Waals surface area (Å²) < 4.78 is 11.0. The Morgan fingerprint density at radius 1 is 1.36 bits per heavy atom. The molecule has 0 radical (unpaired) electrons. The highest BCUT2D eigenvalue weighted by molar-refractivity contribution is 7.87. The SMILES string of the molecule is CCCCCCC1CCS1=O. The second-order valence-electron chi connectivity index (χ2n) is 3.34. The van der Waals surface area contributed by atoms with E-state index in [1.165, 1.54) is 38.5 Å². The monoisotopic (exact) mass is 174 g/mol. The Balaban J connectivity index is 1.91. The first-order chi connectivity index (χ1) is 5.34. The Morgan fingerprint density at radius 2 is 2.18 bits per heavy atom. The average Bonchev–Trinajstić information content (AvgIpc) is 2.02. The first-order valence-corrected chi connectivity index (χ1v) is 6.10. The van der Waals surface area contributed by atoms with Crippen LogP contribution in [0.15, 0.2) is 0 Å². The smallest absolute Gasteiger partial charge is 0.0356 e. The highest BCUT2D eigenvalue weighted by Gasteiger charge is 2.25. The molecule has 0 N–H and O–H groups in total. The van der Waals surface area contributed by atoms with Crippen LogP contribution in [0.2, 0.25) is 0 Å². The van der Waals surface area contributed by atoms with Crippen molar-refractivity contribution in [1.29, 1.82) is 0 Å². The maximum absolute atomic E-state index is 11.0. The third-order valence-electron chi connectivity index (χ3n) is 2.39. The molecule has 0 amide bonds. The van der Waals surface area contributed by atoms with Crippen LogP contribution in [0.1, 0.15) is 45.4 Å². The van der Waals surface area contributed by atoms with Gasteiger partial charge in [-0.1, -0.05) is 32.6 Å². The Labute approximate surface area is 72.0 Å². The predicted octanol–water partition coefficient (Wildman–Crippen LogP) is 2.48. The molecule has 1 saturated heterocycles. The third kappa shape index (κ3) is 2.94. The lowest BCUT2D eigenvalue weighted by Gasteiger charge is -2.24. The van der Waals surface area contributed by atoms with E-state index in [1.807, 2.05) is 0 Å². The fourth-order valence-corrected chi connectivity index (χ4v) is 2.65. The summed E-state index contributed by atoms with van der Waals surface area (Å²) in [5.41, 5.74) is 0. The van der Waals surface area contributed by atoms with Crippen LogP contribution in [0.4, 0.5) is 0 Å². The molecule has 1 fully saturated rings. The molecule has 0 bridgehead atoms. The molecular weight excluding hydrogens is 156 g/mol. The van der Waals surface area contributed by atoms with Gasteiger partial charge in [0.2, 0.25) is 0 Å². The van der Waals surface area contributed by atoms with Gasteiger partial charge in [0.05, 0.1) is 0 Å². The van der Waals surface area contributed by atoms with Gasteiger partial charge in [-0.2, -0.15) is 0 Å². The van der Waals surface area contributed by atoms with Crippen LogP contribution in [-0.2, 0) is 10.8 Å². The minimum atomic E-state index is -0.435. The van der Waals surface area contributed by atoms with Crippen molar-refractivity contribution in [1.82, 2.24) is 0 Å². The highest BCUT2D eigenvalue weighted by Crippen LogP contribution is 2.21. The van der Waals surface area contributed by atoms with E-state index in [1.54, 1.807) is 0 Å². The van der Waals surface area contributed by atoms with Crippen LogP contribution in [0.5, 0.6) is 0 Å². The van der Waals surface area contributed by atoms with Gasteiger partial charge in [0.15, 0.2) is 0 Å². The molecule has 1 nitrogen and oxygen atoms in total. The maximum Gasteiger partial charge on any atom is 0.0356 e. The molecule has 66 valence electrons. The average molecular weight is 174 g/mol. The summed E-state index contributed by atoms with van der Waals surface area (Å²) in [4.78, 5) is 0. The lowest BCUT2D eigenvalue weighted by Crippen LogP contribution is -2.30. The molecule has 1 aliphatic rings. The second kappa shape index (κ2) is 4.91. The van der Waals surface area contributed by atoms with E-state index in [4.69, 9.17) is 0 Å². The second-order valence-corrected chi connectivity index (χ2v) is 5.18. The van der Waals surface area contributed by atoms with E-state index in [0.29, 0.717) is 5.25 Å². The lowest BCUT2D eigenvalue weighted by molar-refractivity contribution is 0.571. The van der Waals surface area contributed by atoms with Crippen LogP contribution >= 0.6 is 0 Å². The van der Waals surface area contributed by atoms with Crippen LogP contribution in [0.25, 0.3) is 0 Å². The lowest BCUT2D eigenvalue weighted by atomic mass is 10.1. The number of rotatable bonds is 5. The molecule has 2 heteroatoms. The molecule has 0 aromatic heterocycles. The zero-order chi connectivity index (χ0) is 8.10. The first kappa shape index (κ1) is 9.24. The Bertz CT molecular complexity index is 134. The molecule has 0 aromatic rings. The van der Waals surface area contributed by atoms with Crippen LogP contribution in [0.3, 0.4) is 0 Å². The molecule has 11 heavy (non-hydrogen) atoms. The normalized spacial score (nSPS) is 29.9. The van der Waals surface area contributed by atoms with Gasteiger partial charge in [-0.05, 0) is 12.8 Å². The van der Waals surface area contributed by atoms with Crippen molar-refractivity contribution < 1.29 is 4.21 Å². The summed E-state index contributed by atoms with van der Waals surface area (Å²) in [5, 5.41) is 0.576. The predicted molar refractivity (Wildman–Crippen MR) is 50.2 cm³/mol. The minimum Gasteiger partial charge on any atom is -0.259 e. The van der Waals surface area contributed by atoms with Crippen molar-refractivity contribution >= 4 is 10.8 Å². The fraction of sp³-hybridized carbons (Fsp3) is 1.00. The van der Waals surface area contributed by atoms with E-state index in [2.05, 4.69) is 6.92 Å². The van der Waals surface area contributed by atoms with E-state index in [9.17, 15) is 4.21 Å². The van der Waals surface area contributed by atoms with Gasteiger partial charge >= 0.3 is 0 Å². The van der Waals surface area contributed by atoms with Gasteiger partial charge < -0.3 is 0 Å². The van der Waals surface area contributed by atoms with Crippen molar-refractivity contribution in [2.75, 3.05) is 5.75 Å². The van der Waals surface area contributed by atoms with Crippen molar-refractivity contribution in [3.8, 4) is 0 Å². The zero-order valence-electron chi connectivity index (χ0n) is 7.34. The molecule has 0 spiro atoms. The Morgan fingerprint density at radius 3 is 2.64 bits per heavy atom. The van der Waals surface area contributed by atoms with Gasteiger partial charge in [0.25, 0.3) is 0 Å². The molecule has 1 aliphatic heterocycles. The molecular formula is C9H18OS. The van der Waals surface area contributed by atoms with Crippen molar-refractivity contribution in [3.63, 3.8) is 0 Å². The molecule has 0 aromatic carbocycles. The first-order valence-electron chi connectivity index (χ1n) is 4.71. The van der Waals surface area contributed by atoms with E-state index in [0.717, 1.165) is 5.75 Å². The van der Waals surface area contributed by atoms with Crippen LogP contribution in [0, 0.1) is 0 Å². The quantitative estimate of drug-likeness (QED) is 0.585. The van der Waals surface area contributed by atoms with Crippen molar-refractivity contribution in [3.05, 3.63) is 0 Å². The summed E-state index contributed by atoms with van der Waals surface area (Å²) in [6.45, 7) is 2.22. The van der Waals surface area contributed by atoms with Crippen molar-refractivity contribution in [2.24, 2.45) is 0 Å².